The van der Waals surface area contributed by atoms with Crippen molar-refractivity contribution in [3.8, 4) is 22.3 Å². The second-order valence-corrected chi connectivity index (χ2v) is 7.37. The van der Waals surface area contributed by atoms with Gasteiger partial charge in [-0.25, -0.2) is 4.79 Å². The van der Waals surface area contributed by atoms with Gasteiger partial charge in [-0.15, -0.1) is 0 Å². The minimum atomic E-state index is -0.547. The normalized spacial score (nSPS) is 11.1. The number of aldehydes is 1. The van der Waals surface area contributed by atoms with Gasteiger partial charge in [0.25, 0.3) is 0 Å². The molecular formula is C24H22O3. The molecule has 0 radical (unpaired) electrons. The molecule has 0 N–H and O–H groups in total. The summed E-state index contributed by atoms with van der Waals surface area (Å²) in [4.78, 5) is 24.0. The van der Waals surface area contributed by atoms with E-state index in [0.717, 1.165) is 28.5 Å². The number of hydrogen-bond donors (Lipinski definition) is 0. The molecule has 136 valence electrons. The Kier molecular flexibility index (Phi) is 5.22. The first-order valence-electron chi connectivity index (χ1n) is 8.86. The van der Waals surface area contributed by atoms with Gasteiger partial charge < -0.3 is 4.74 Å². The van der Waals surface area contributed by atoms with Crippen molar-refractivity contribution in [3.63, 3.8) is 0 Å². The maximum absolute atomic E-state index is 12.3. The number of hydrogen-bond acceptors (Lipinski definition) is 3. The molecule has 3 nitrogen and oxygen atoms in total. The molecule has 0 atom stereocenters. The monoisotopic (exact) mass is 358 g/mol. The van der Waals surface area contributed by atoms with E-state index >= 15 is 0 Å². The Bertz CT molecular complexity index is 966. The van der Waals surface area contributed by atoms with Crippen LogP contribution in [0.4, 0.5) is 0 Å². The molecule has 3 aromatic rings. The van der Waals surface area contributed by atoms with E-state index in [4.69, 9.17) is 4.74 Å². The molecule has 0 saturated heterocycles. The Morgan fingerprint density at radius 2 is 1.48 bits per heavy atom. The number of rotatable bonds is 4. The zero-order valence-electron chi connectivity index (χ0n) is 15.7. The lowest BCUT2D eigenvalue weighted by Gasteiger charge is -2.19. The zero-order valence-corrected chi connectivity index (χ0v) is 15.7. The molecule has 0 aliphatic carbocycles. The van der Waals surface area contributed by atoms with Crippen LogP contribution in [-0.4, -0.2) is 17.9 Å². The fourth-order valence-electron chi connectivity index (χ4n) is 2.88. The highest BCUT2D eigenvalue weighted by Gasteiger charge is 2.18. The van der Waals surface area contributed by atoms with E-state index < -0.39 is 5.60 Å². The molecule has 0 amide bonds. The average Bonchev–Trinajstić information content (AvgIpc) is 2.67. The quantitative estimate of drug-likeness (QED) is 0.438. The maximum Gasteiger partial charge on any atom is 0.338 e. The van der Waals surface area contributed by atoms with Crippen LogP contribution >= 0.6 is 0 Å². The van der Waals surface area contributed by atoms with Gasteiger partial charge in [0.05, 0.1) is 5.56 Å². The fraction of sp³-hybridized carbons (Fsp3) is 0.167. The lowest BCUT2D eigenvalue weighted by Crippen LogP contribution is -2.23. The first-order valence-corrected chi connectivity index (χ1v) is 8.86. The van der Waals surface area contributed by atoms with Crippen LogP contribution in [0.2, 0.25) is 0 Å². The summed E-state index contributed by atoms with van der Waals surface area (Å²) in [7, 11) is 0. The molecule has 0 unspecified atom stereocenters. The summed E-state index contributed by atoms with van der Waals surface area (Å²) in [5.74, 6) is -0.360. The number of esters is 1. The van der Waals surface area contributed by atoms with Crippen molar-refractivity contribution in [1.29, 1.82) is 0 Å². The summed E-state index contributed by atoms with van der Waals surface area (Å²) in [5, 5.41) is 0. The minimum absolute atomic E-state index is 0.360. The Balaban J connectivity index is 1.97. The Morgan fingerprint density at radius 3 is 2.15 bits per heavy atom. The van der Waals surface area contributed by atoms with Crippen molar-refractivity contribution in [2.24, 2.45) is 0 Å². The molecule has 0 heterocycles. The molecule has 0 bridgehead atoms. The van der Waals surface area contributed by atoms with Crippen LogP contribution in [0.15, 0.2) is 72.8 Å². The molecule has 3 heteroatoms. The van der Waals surface area contributed by atoms with Crippen LogP contribution in [-0.2, 0) is 4.74 Å². The van der Waals surface area contributed by atoms with Gasteiger partial charge in [0.15, 0.2) is 6.29 Å². The molecule has 0 fully saturated rings. The van der Waals surface area contributed by atoms with E-state index in [1.54, 1.807) is 12.1 Å². The third kappa shape index (κ3) is 4.50. The van der Waals surface area contributed by atoms with Crippen LogP contribution in [0.25, 0.3) is 22.3 Å². The van der Waals surface area contributed by atoms with Gasteiger partial charge in [0, 0.05) is 5.56 Å². The van der Waals surface area contributed by atoms with Gasteiger partial charge in [-0.2, -0.15) is 0 Å². The number of carbonyl (C=O) groups is 2. The number of benzene rings is 3. The van der Waals surface area contributed by atoms with Gasteiger partial charge in [-0.05, 0) is 61.2 Å². The van der Waals surface area contributed by atoms with Crippen LogP contribution in [0.3, 0.4) is 0 Å². The van der Waals surface area contributed by atoms with Crippen LogP contribution < -0.4 is 0 Å². The SMILES string of the molecule is CC(C)(C)OC(=O)c1cccc(-c2ccc(-c3ccccc3)c(C=O)c2)c1. The smallest absolute Gasteiger partial charge is 0.338 e. The van der Waals surface area contributed by atoms with Crippen LogP contribution in [0.1, 0.15) is 41.5 Å². The minimum Gasteiger partial charge on any atom is -0.456 e. The molecule has 0 aliphatic rings. The molecule has 0 aromatic heterocycles. The second-order valence-electron chi connectivity index (χ2n) is 7.37. The van der Waals surface area contributed by atoms with Crippen molar-refractivity contribution in [2.45, 2.75) is 26.4 Å². The third-order valence-electron chi connectivity index (χ3n) is 4.09. The number of carbonyl (C=O) groups excluding carboxylic acids is 2. The molecule has 3 aromatic carbocycles. The molecular weight excluding hydrogens is 336 g/mol. The summed E-state index contributed by atoms with van der Waals surface area (Å²) in [5.41, 5.74) is 4.17. The molecule has 0 spiro atoms. The highest BCUT2D eigenvalue weighted by atomic mass is 16.6. The van der Waals surface area contributed by atoms with E-state index in [-0.39, 0.29) is 5.97 Å². The molecule has 0 saturated carbocycles. The van der Waals surface area contributed by atoms with Crippen molar-refractivity contribution in [3.05, 3.63) is 83.9 Å². The Hall–Kier alpha value is -3.20. The lowest BCUT2D eigenvalue weighted by atomic mass is 9.95. The first kappa shape index (κ1) is 18.6. The lowest BCUT2D eigenvalue weighted by molar-refractivity contribution is 0.00695. The summed E-state index contributed by atoms with van der Waals surface area (Å²) in [6.07, 6.45) is 0.865. The van der Waals surface area contributed by atoms with Crippen molar-refractivity contribution >= 4 is 12.3 Å². The summed E-state index contributed by atoms with van der Waals surface area (Å²) < 4.78 is 5.44. The van der Waals surface area contributed by atoms with Crippen molar-refractivity contribution < 1.29 is 14.3 Å². The summed E-state index contributed by atoms with van der Waals surface area (Å²) >= 11 is 0. The molecule has 27 heavy (non-hydrogen) atoms. The first-order chi connectivity index (χ1) is 12.9. The van der Waals surface area contributed by atoms with Gasteiger partial charge in [-0.3, -0.25) is 4.79 Å². The zero-order chi connectivity index (χ0) is 19.4. The third-order valence-corrected chi connectivity index (χ3v) is 4.09. The highest BCUT2D eigenvalue weighted by Crippen LogP contribution is 2.29. The van der Waals surface area contributed by atoms with Crippen LogP contribution in [0, 0.1) is 0 Å². The van der Waals surface area contributed by atoms with Crippen molar-refractivity contribution in [1.82, 2.24) is 0 Å². The summed E-state index contributed by atoms with van der Waals surface area (Å²) in [6, 6.07) is 22.8. The fourth-order valence-corrected chi connectivity index (χ4v) is 2.88. The van der Waals surface area contributed by atoms with Crippen molar-refractivity contribution in [2.75, 3.05) is 0 Å². The van der Waals surface area contributed by atoms with Gasteiger partial charge in [-0.1, -0.05) is 54.6 Å². The van der Waals surface area contributed by atoms with E-state index in [1.807, 2.05) is 81.4 Å². The van der Waals surface area contributed by atoms with Crippen LogP contribution in [0.5, 0.6) is 0 Å². The predicted molar refractivity (Wildman–Crippen MR) is 108 cm³/mol. The Labute approximate surface area is 159 Å². The van der Waals surface area contributed by atoms with E-state index in [9.17, 15) is 9.59 Å². The molecule has 3 rings (SSSR count). The van der Waals surface area contributed by atoms with E-state index in [0.29, 0.717) is 11.1 Å². The van der Waals surface area contributed by atoms with Gasteiger partial charge >= 0.3 is 5.97 Å². The van der Waals surface area contributed by atoms with Gasteiger partial charge in [0.1, 0.15) is 5.60 Å². The van der Waals surface area contributed by atoms with E-state index in [2.05, 4.69) is 0 Å². The maximum atomic E-state index is 12.3. The van der Waals surface area contributed by atoms with Gasteiger partial charge in [0.2, 0.25) is 0 Å². The van der Waals surface area contributed by atoms with E-state index in [1.165, 1.54) is 0 Å². The molecule has 0 aliphatic heterocycles. The predicted octanol–water partition coefficient (Wildman–Crippen LogP) is 5.79. The standard InChI is InChI=1S/C24H22O3/c1-24(2,3)27-23(26)20-11-7-10-18(14-20)19-12-13-22(21(15-19)16-25)17-8-5-4-6-9-17/h4-16H,1-3H3. The largest absolute Gasteiger partial charge is 0.456 e. The highest BCUT2D eigenvalue weighted by molar-refractivity contribution is 5.93. The number of ether oxygens (including phenoxy) is 1. The summed E-state index contributed by atoms with van der Waals surface area (Å²) in [6.45, 7) is 5.52. The Morgan fingerprint density at radius 1 is 0.815 bits per heavy atom. The second kappa shape index (κ2) is 7.58. The average molecular weight is 358 g/mol. The topological polar surface area (TPSA) is 43.4 Å².